The van der Waals surface area contributed by atoms with Gasteiger partial charge in [0.2, 0.25) is 12.1 Å². The number of rotatable bonds is 9. The van der Waals surface area contributed by atoms with Crippen molar-refractivity contribution in [1.82, 2.24) is 29.9 Å². The molecule has 0 aliphatic carbocycles. The van der Waals surface area contributed by atoms with Gasteiger partial charge in [-0.3, -0.25) is 9.55 Å². The van der Waals surface area contributed by atoms with E-state index < -0.39 is 12.8 Å². The second kappa shape index (κ2) is 12.7. The van der Waals surface area contributed by atoms with E-state index in [1.54, 1.807) is 35.3 Å². The number of alkyl halides is 3. The minimum atomic E-state index is -4.55. The SMILES string of the molecule is CN1CCN(c2cc(OCC(F)(F)F)c(Nc3nc(Nc4cnc5ccccc5c4P=O)c4cc[nH]c4n3)cc2-c2c[nH][n+](C)c2)CC1. The number of aromatic amines is 2. The average Bonchev–Trinajstić information content (AvgIpc) is 3.73. The third-order valence-electron chi connectivity index (χ3n) is 8.15. The molecule has 0 amide bonds. The number of para-hydroxylation sites is 1. The van der Waals surface area contributed by atoms with Gasteiger partial charge < -0.3 is 30.2 Å². The average molecular weight is 676 g/mol. The number of nitrogens with zero attached hydrogens (tertiary/aromatic N) is 6. The van der Waals surface area contributed by atoms with Crippen LogP contribution in [-0.4, -0.2) is 75.9 Å². The Morgan fingerprint density at radius 2 is 1.85 bits per heavy atom. The number of benzene rings is 2. The first kappa shape index (κ1) is 31.3. The zero-order valence-electron chi connectivity index (χ0n) is 26.0. The van der Waals surface area contributed by atoms with Gasteiger partial charge in [0.1, 0.15) is 17.2 Å². The fourth-order valence-corrected chi connectivity index (χ4v) is 6.24. The standard InChI is InChI=1S/C32H30F3N10O2P/c1-43-9-11-45(12-10-43)26-14-27(47-18-32(33,34)35)24(13-22(26)19-15-38-44(2)17-19)40-31-41-29-21(7-8-36-29)30(42-31)39-25-16-37-23-6-4-3-5-20(23)28(25)48-46/h3-8,13-17H,9-12,18H2,1-2H3,(H3,36,37,39,40,41,42,46)/p+1. The number of ether oxygens (including phenoxy) is 1. The first-order valence-corrected chi connectivity index (χ1v) is 15.9. The molecule has 2 aromatic carbocycles. The molecule has 0 atom stereocenters. The highest BCUT2D eigenvalue weighted by atomic mass is 31.1. The number of hydrogen-bond donors (Lipinski definition) is 4. The van der Waals surface area contributed by atoms with Crippen molar-refractivity contribution >= 4 is 64.5 Å². The number of aryl methyl sites for hydroxylation is 1. The number of piperazine rings is 1. The van der Waals surface area contributed by atoms with Gasteiger partial charge in [0.25, 0.3) is 0 Å². The molecule has 0 bridgehead atoms. The van der Waals surface area contributed by atoms with Crippen LogP contribution >= 0.6 is 8.46 Å². The van der Waals surface area contributed by atoms with E-state index in [1.165, 1.54) is 0 Å². The van der Waals surface area contributed by atoms with E-state index in [0.29, 0.717) is 46.4 Å². The normalized spacial score (nSPS) is 14.2. The van der Waals surface area contributed by atoms with Gasteiger partial charge in [-0.2, -0.15) is 28.2 Å². The Balaban J connectivity index is 1.32. The van der Waals surface area contributed by atoms with E-state index in [9.17, 15) is 17.7 Å². The van der Waals surface area contributed by atoms with Crippen LogP contribution in [0.3, 0.4) is 0 Å². The van der Waals surface area contributed by atoms with Crippen LogP contribution in [0.1, 0.15) is 0 Å². The molecule has 0 spiro atoms. The van der Waals surface area contributed by atoms with Crippen LogP contribution in [0.5, 0.6) is 5.75 Å². The van der Waals surface area contributed by atoms with Crippen molar-refractivity contribution in [2.75, 3.05) is 55.4 Å². The van der Waals surface area contributed by atoms with E-state index in [0.717, 1.165) is 35.3 Å². The molecule has 5 heterocycles. The number of likely N-dealkylation sites (N-methyl/N-ethyl adjacent to an activating group) is 1. The van der Waals surface area contributed by atoms with Gasteiger partial charge in [-0.05, 0) is 25.2 Å². The fourth-order valence-electron chi connectivity index (χ4n) is 5.74. The Bertz CT molecular complexity index is 2130. The zero-order chi connectivity index (χ0) is 33.4. The molecule has 16 heteroatoms. The molecule has 12 nitrogen and oxygen atoms in total. The lowest BCUT2D eigenvalue weighted by atomic mass is 10.0. The predicted molar refractivity (Wildman–Crippen MR) is 178 cm³/mol. The van der Waals surface area contributed by atoms with Crippen LogP contribution in [0.25, 0.3) is 33.1 Å². The van der Waals surface area contributed by atoms with Crippen molar-refractivity contribution in [3.63, 3.8) is 0 Å². The number of H-pyrrole nitrogens is 2. The van der Waals surface area contributed by atoms with Crippen molar-refractivity contribution in [2.24, 2.45) is 7.05 Å². The van der Waals surface area contributed by atoms with Crippen LogP contribution in [0.2, 0.25) is 0 Å². The lowest BCUT2D eigenvalue weighted by Gasteiger charge is -2.35. The van der Waals surface area contributed by atoms with E-state index in [-0.39, 0.29) is 25.8 Å². The van der Waals surface area contributed by atoms with Crippen molar-refractivity contribution in [3.05, 3.63) is 67.3 Å². The summed E-state index contributed by atoms with van der Waals surface area (Å²) in [6, 6.07) is 12.6. The minimum absolute atomic E-state index is 0.000718. The fraction of sp³-hybridized carbons (Fsp3) is 0.250. The molecule has 1 aliphatic rings. The number of nitrogens with one attached hydrogen (secondary N) is 4. The number of fused-ring (bicyclic) bond motifs is 2. The maximum atomic E-state index is 13.5. The summed E-state index contributed by atoms with van der Waals surface area (Å²) in [6.45, 7) is 1.53. The molecule has 7 rings (SSSR count). The van der Waals surface area contributed by atoms with Gasteiger partial charge >= 0.3 is 6.18 Å². The molecule has 1 aliphatic heterocycles. The Morgan fingerprint density at radius 3 is 2.60 bits per heavy atom. The Morgan fingerprint density at radius 1 is 1.04 bits per heavy atom. The monoisotopic (exact) mass is 675 g/mol. The van der Waals surface area contributed by atoms with Gasteiger partial charge in [-0.15, -0.1) is 4.68 Å². The van der Waals surface area contributed by atoms with E-state index in [1.807, 2.05) is 50.8 Å². The topological polar surface area (TPSA) is 131 Å². The molecule has 246 valence electrons. The number of pyridine rings is 1. The van der Waals surface area contributed by atoms with Crippen molar-refractivity contribution in [2.45, 2.75) is 6.18 Å². The molecule has 4 aromatic heterocycles. The molecule has 48 heavy (non-hydrogen) atoms. The van der Waals surface area contributed by atoms with Crippen LogP contribution in [0.15, 0.2) is 67.3 Å². The summed E-state index contributed by atoms with van der Waals surface area (Å²) < 4.78 is 59.9. The molecular weight excluding hydrogens is 644 g/mol. The summed E-state index contributed by atoms with van der Waals surface area (Å²) in [5.41, 5.74) is 4.27. The van der Waals surface area contributed by atoms with Crippen LogP contribution in [0, 0.1) is 0 Å². The lowest BCUT2D eigenvalue weighted by molar-refractivity contribution is -0.726. The smallest absolute Gasteiger partial charge is 0.422 e. The summed E-state index contributed by atoms with van der Waals surface area (Å²) in [6.07, 6.45) is 2.47. The van der Waals surface area contributed by atoms with Crippen molar-refractivity contribution in [1.29, 1.82) is 0 Å². The highest BCUT2D eigenvalue weighted by molar-refractivity contribution is 7.35. The third kappa shape index (κ3) is 6.46. The second-order valence-electron chi connectivity index (χ2n) is 11.5. The highest BCUT2D eigenvalue weighted by Gasteiger charge is 2.30. The van der Waals surface area contributed by atoms with E-state index in [4.69, 9.17) is 9.72 Å². The Labute approximate surface area is 274 Å². The summed E-state index contributed by atoms with van der Waals surface area (Å²) in [5, 5.41) is 11.4. The molecule has 0 unspecified atom stereocenters. The van der Waals surface area contributed by atoms with Gasteiger partial charge in [-0.25, -0.2) is 0 Å². The summed E-state index contributed by atoms with van der Waals surface area (Å²) in [7, 11) is 3.68. The molecule has 1 saturated heterocycles. The third-order valence-corrected chi connectivity index (χ3v) is 8.82. The van der Waals surface area contributed by atoms with E-state index in [2.05, 4.69) is 40.5 Å². The van der Waals surface area contributed by atoms with Crippen LogP contribution in [-0.2, 0) is 11.6 Å². The van der Waals surface area contributed by atoms with Crippen LogP contribution < -0.4 is 30.3 Å². The largest absolute Gasteiger partial charge is 0.482 e. The Hall–Kier alpha value is -5.27. The number of anilines is 5. The number of halogens is 3. The molecule has 1 fully saturated rings. The molecule has 0 radical (unpaired) electrons. The predicted octanol–water partition coefficient (Wildman–Crippen LogP) is 5.42. The lowest BCUT2D eigenvalue weighted by Crippen LogP contribution is -2.44. The van der Waals surface area contributed by atoms with Gasteiger partial charge in [0.15, 0.2) is 22.1 Å². The number of hydrogen-bond acceptors (Lipinski definition) is 9. The molecular formula is C32H31F3N10O2P+. The maximum absolute atomic E-state index is 13.5. The van der Waals surface area contributed by atoms with Gasteiger partial charge in [0.05, 0.1) is 45.5 Å². The van der Waals surface area contributed by atoms with Gasteiger partial charge in [-0.1, -0.05) is 18.2 Å². The van der Waals surface area contributed by atoms with Crippen molar-refractivity contribution < 1.29 is 27.2 Å². The first-order chi connectivity index (χ1) is 23.1. The second-order valence-corrected chi connectivity index (χ2v) is 12.2. The summed E-state index contributed by atoms with van der Waals surface area (Å²) >= 11 is 0. The summed E-state index contributed by atoms with van der Waals surface area (Å²) in [4.78, 5) is 21.2. The first-order valence-electron chi connectivity index (χ1n) is 15.1. The molecule has 6 aromatic rings. The zero-order valence-corrected chi connectivity index (χ0v) is 26.9. The molecule has 0 saturated carbocycles. The minimum Gasteiger partial charge on any atom is -0.482 e. The van der Waals surface area contributed by atoms with Crippen molar-refractivity contribution in [3.8, 4) is 16.9 Å². The van der Waals surface area contributed by atoms with E-state index >= 15 is 0 Å². The van der Waals surface area contributed by atoms with Crippen LogP contribution in [0.4, 0.5) is 42.0 Å². The highest BCUT2D eigenvalue weighted by Crippen LogP contribution is 2.41. The number of aromatic nitrogens is 6. The maximum Gasteiger partial charge on any atom is 0.422 e. The summed E-state index contributed by atoms with van der Waals surface area (Å²) in [5.74, 6) is 0.466. The molecule has 4 N–H and O–H groups in total. The quantitative estimate of drug-likeness (QED) is 0.117. The Kier molecular flexibility index (Phi) is 8.31. The van der Waals surface area contributed by atoms with Gasteiger partial charge in [0, 0.05) is 55.1 Å².